The summed E-state index contributed by atoms with van der Waals surface area (Å²) in [6, 6.07) is 8.61. The SMILES string of the molecule is O=C(c1c(F)cccc1F)N1CCC(O)(c2ccccn2)CC1. The Labute approximate surface area is 132 Å². The van der Waals surface area contributed by atoms with Gasteiger partial charge in [0.1, 0.15) is 22.8 Å². The summed E-state index contributed by atoms with van der Waals surface area (Å²) in [5.41, 5.74) is -1.12. The molecule has 23 heavy (non-hydrogen) atoms. The Morgan fingerprint density at radius 1 is 1.09 bits per heavy atom. The van der Waals surface area contributed by atoms with Crippen molar-refractivity contribution in [3.63, 3.8) is 0 Å². The maximum absolute atomic E-state index is 13.7. The molecule has 4 nitrogen and oxygen atoms in total. The van der Waals surface area contributed by atoms with Gasteiger partial charge in [-0.05, 0) is 37.1 Å². The predicted octanol–water partition coefficient (Wildman–Crippen LogP) is 2.48. The molecule has 120 valence electrons. The molecule has 1 aliphatic rings. The van der Waals surface area contributed by atoms with Crippen LogP contribution in [0.3, 0.4) is 0 Å². The molecule has 1 aromatic carbocycles. The van der Waals surface area contributed by atoms with Crippen molar-refractivity contribution in [3.05, 3.63) is 65.5 Å². The minimum atomic E-state index is -1.12. The van der Waals surface area contributed by atoms with Crippen molar-refractivity contribution in [2.75, 3.05) is 13.1 Å². The van der Waals surface area contributed by atoms with E-state index < -0.39 is 28.7 Å². The molecule has 0 saturated carbocycles. The van der Waals surface area contributed by atoms with E-state index >= 15 is 0 Å². The molecule has 0 radical (unpaired) electrons. The molecule has 1 aliphatic heterocycles. The average molecular weight is 318 g/mol. The second-order valence-electron chi connectivity index (χ2n) is 5.64. The van der Waals surface area contributed by atoms with E-state index in [1.807, 2.05) is 0 Å². The van der Waals surface area contributed by atoms with Crippen LogP contribution in [0.4, 0.5) is 8.78 Å². The van der Waals surface area contributed by atoms with Crippen molar-refractivity contribution >= 4 is 5.91 Å². The molecule has 0 spiro atoms. The lowest BCUT2D eigenvalue weighted by atomic mass is 9.87. The lowest BCUT2D eigenvalue weighted by Gasteiger charge is -2.37. The molecule has 1 fully saturated rings. The van der Waals surface area contributed by atoms with Crippen LogP contribution in [-0.2, 0) is 5.60 Å². The zero-order valence-corrected chi connectivity index (χ0v) is 12.4. The Kier molecular flexibility index (Phi) is 4.09. The number of nitrogens with zero attached hydrogens (tertiary/aromatic N) is 2. The number of aromatic nitrogens is 1. The molecule has 0 bridgehead atoms. The highest BCUT2D eigenvalue weighted by Crippen LogP contribution is 2.32. The van der Waals surface area contributed by atoms with Gasteiger partial charge < -0.3 is 10.0 Å². The number of halogens is 2. The van der Waals surface area contributed by atoms with Crippen LogP contribution in [0.15, 0.2) is 42.6 Å². The molecule has 0 atom stereocenters. The number of rotatable bonds is 2. The van der Waals surface area contributed by atoms with Gasteiger partial charge in [-0.2, -0.15) is 0 Å². The molecule has 1 aromatic heterocycles. The van der Waals surface area contributed by atoms with Crippen molar-refractivity contribution in [1.82, 2.24) is 9.88 Å². The van der Waals surface area contributed by atoms with Crippen molar-refractivity contribution in [1.29, 1.82) is 0 Å². The molecule has 0 aliphatic carbocycles. The van der Waals surface area contributed by atoms with Crippen LogP contribution in [0.25, 0.3) is 0 Å². The Balaban J connectivity index is 1.76. The van der Waals surface area contributed by atoms with E-state index in [4.69, 9.17) is 0 Å². The second kappa shape index (κ2) is 6.04. The molecular formula is C17H16F2N2O2. The molecule has 0 unspecified atom stereocenters. The Hall–Kier alpha value is -2.34. The normalized spacial score (nSPS) is 17.1. The highest BCUT2D eigenvalue weighted by molar-refractivity contribution is 5.94. The maximum Gasteiger partial charge on any atom is 0.259 e. The van der Waals surface area contributed by atoms with E-state index in [2.05, 4.69) is 4.98 Å². The lowest BCUT2D eigenvalue weighted by molar-refractivity contribution is -0.0245. The predicted molar refractivity (Wildman–Crippen MR) is 79.6 cm³/mol. The van der Waals surface area contributed by atoms with Crippen LogP contribution in [0.2, 0.25) is 0 Å². The van der Waals surface area contributed by atoms with Gasteiger partial charge in [-0.25, -0.2) is 8.78 Å². The molecular weight excluding hydrogens is 302 g/mol. The smallest absolute Gasteiger partial charge is 0.259 e. The number of hydrogen-bond donors (Lipinski definition) is 1. The number of amides is 1. The highest BCUT2D eigenvalue weighted by Gasteiger charge is 2.37. The van der Waals surface area contributed by atoms with Crippen molar-refractivity contribution in [2.45, 2.75) is 18.4 Å². The number of pyridine rings is 1. The summed E-state index contributed by atoms with van der Waals surface area (Å²) in [5.74, 6) is -2.44. The Bertz CT molecular complexity index is 694. The van der Waals surface area contributed by atoms with Gasteiger partial charge in [0, 0.05) is 19.3 Å². The van der Waals surface area contributed by atoms with E-state index in [0.29, 0.717) is 5.69 Å². The first-order chi connectivity index (χ1) is 11.0. The van der Waals surface area contributed by atoms with E-state index in [1.54, 1.807) is 24.4 Å². The molecule has 1 saturated heterocycles. The molecule has 3 rings (SSSR count). The minimum absolute atomic E-state index is 0.208. The average Bonchev–Trinajstić information content (AvgIpc) is 2.56. The minimum Gasteiger partial charge on any atom is -0.383 e. The summed E-state index contributed by atoms with van der Waals surface area (Å²) in [4.78, 5) is 17.9. The monoisotopic (exact) mass is 318 g/mol. The van der Waals surface area contributed by atoms with Crippen LogP contribution in [-0.4, -0.2) is 34.0 Å². The highest BCUT2D eigenvalue weighted by atomic mass is 19.1. The Morgan fingerprint density at radius 2 is 1.74 bits per heavy atom. The fourth-order valence-electron chi connectivity index (χ4n) is 2.83. The zero-order chi connectivity index (χ0) is 16.4. The number of carbonyl (C=O) groups is 1. The largest absolute Gasteiger partial charge is 0.383 e. The van der Waals surface area contributed by atoms with Crippen LogP contribution in [0, 0.1) is 11.6 Å². The van der Waals surface area contributed by atoms with Crippen molar-refractivity contribution in [3.8, 4) is 0 Å². The van der Waals surface area contributed by atoms with E-state index in [1.165, 1.54) is 11.0 Å². The molecule has 2 aromatic rings. The summed E-state index contributed by atoms with van der Waals surface area (Å²) in [6.07, 6.45) is 2.14. The van der Waals surface area contributed by atoms with Crippen molar-refractivity contribution < 1.29 is 18.7 Å². The number of hydrogen-bond acceptors (Lipinski definition) is 3. The maximum atomic E-state index is 13.7. The molecule has 6 heteroatoms. The molecule has 1 N–H and O–H groups in total. The first kappa shape index (κ1) is 15.6. The van der Waals surface area contributed by atoms with E-state index in [9.17, 15) is 18.7 Å². The fraction of sp³-hybridized carbons (Fsp3) is 0.294. The number of piperidine rings is 1. The van der Waals surface area contributed by atoms with Gasteiger partial charge in [0.25, 0.3) is 5.91 Å². The summed E-state index contributed by atoms with van der Waals surface area (Å²) >= 11 is 0. The zero-order valence-electron chi connectivity index (χ0n) is 12.4. The summed E-state index contributed by atoms with van der Waals surface area (Å²) in [6.45, 7) is 0.416. The van der Waals surface area contributed by atoms with Crippen molar-refractivity contribution in [2.24, 2.45) is 0 Å². The first-order valence-electron chi connectivity index (χ1n) is 7.38. The van der Waals surface area contributed by atoms with Gasteiger partial charge in [0.05, 0.1) is 5.69 Å². The third-order valence-corrected chi connectivity index (χ3v) is 4.20. The fourth-order valence-corrected chi connectivity index (χ4v) is 2.83. The summed E-state index contributed by atoms with van der Waals surface area (Å²) in [5, 5.41) is 10.7. The van der Waals surface area contributed by atoms with E-state index in [-0.39, 0.29) is 25.9 Å². The number of carbonyl (C=O) groups excluding carboxylic acids is 1. The topological polar surface area (TPSA) is 53.4 Å². The quantitative estimate of drug-likeness (QED) is 0.925. The van der Waals surface area contributed by atoms with Crippen LogP contribution >= 0.6 is 0 Å². The van der Waals surface area contributed by atoms with Gasteiger partial charge in [-0.3, -0.25) is 9.78 Å². The van der Waals surface area contributed by atoms with Gasteiger partial charge in [-0.1, -0.05) is 12.1 Å². The van der Waals surface area contributed by atoms with E-state index in [0.717, 1.165) is 12.1 Å². The van der Waals surface area contributed by atoms with Crippen LogP contribution in [0.1, 0.15) is 28.9 Å². The number of likely N-dealkylation sites (tertiary alicyclic amines) is 1. The number of benzene rings is 1. The van der Waals surface area contributed by atoms with Gasteiger partial charge in [0.15, 0.2) is 0 Å². The molecule has 1 amide bonds. The second-order valence-corrected chi connectivity index (χ2v) is 5.64. The van der Waals surface area contributed by atoms with Crippen LogP contribution < -0.4 is 0 Å². The third kappa shape index (κ3) is 2.94. The Morgan fingerprint density at radius 3 is 2.30 bits per heavy atom. The standard InChI is InChI=1S/C17H16F2N2O2/c18-12-4-3-5-13(19)15(12)16(22)21-10-7-17(23,8-11-21)14-6-1-2-9-20-14/h1-6,9,23H,7-8,10-11H2. The summed E-state index contributed by atoms with van der Waals surface area (Å²) < 4.78 is 27.5. The van der Waals surface area contributed by atoms with Gasteiger partial charge in [-0.15, -0.1) is 0 Å². The third-order valence-electron chi connectivity index (χ3n) is 4.20. The van der Waals surface area contributed by atoms with Gasteiger partial charge >= 0.3 is 0 Å². The molecule has 2 heterocycles. The van der Waals surface area contributed by atoms with Crippen LogP contribution in [0.5, 0.6) is 0 Å². The summed E-state index contributed by atoms with van der Waals surface area (Å²) in [7, 11) is 0. The number of aliphatic hydroxyl groups is 1. The first-order valence-corrected chi connectivity index (χ1v) is 7.38. The lowest BCUT2D eigenvalue weighted by Crippen LogP contribution is -2.45. The van der Waals surface area contributed by atoms with Gasteiger partial charge in [0.2, 0.25) is 0 Å².